The van der Waals surface area contributed by atoms with E-state index in [-0.39, 0.29) is 41.5 Å². The first-order valence-corrected chi connectivity index (χ1v) is 21.9. The molecule has 8 rings (SSSR count). The molecule has 1 saturated heterocycles. The van der Waals surface area contributed by atoms with Crippen LogP contribution in [0.5, 0.6) is 0 Å². The van der Waals surface area contributed by atoms with E-state index in [1.807, 2.05) is 31.2 Å². The molecule has 9 heteroatoms. The van der Waals surface area contributed by atoms with Gasteiger partial charge in [-0.15, -0.1) is 0 Å². The number of ketones is 1. The topological polar surface area (TPSA) is 122 Å². The zero-order valence-corrected chi connectivity index (χ0v) is 35.6. The zero-order chi connectivity index (χ0) is 42.5. The Morgan fingerprint density at radius 2 is 1.25 bits per heavy atom. The van der Waals surface area contributed by atoms with E-state index >= 15 is 0 Å². The minimum absolute atomic E-state index is 0.0177. The average molecular weight is 815 g/mol. The first-order valence-electron chi connectivity index (χ1n) is 21.9. The lowest BCUT2D eigenvalue weighted by molar-refractivity contribution is -0.225. The fraction of sp³-hybridized carbons (Fsp3) is 0.510. The third-order valence-electron chi connectivity index (χ3n) is 15.5. The van der Waals surface area contributed by atoms with Crippen LogP contribution in [0.4, 0.5) is 0 Å². The highest BCUT2D eigenvalue weighted by Crippen LogP contribution is 2.68. The quantitative estimate of drug-likeness (QED) is 0.154. The number of hydrogen-bond donors (Lipinski definition) is 0. The molecule has 0 amide bonds. The Kier molecular flexibility index (Phi) is 11.4. The Morgan fingerprint density at radius 1 is 0.717 bits per heavy atom. The Morgan fingerprint density at radius 3 is 1.80 bits per heavy atom. The van der Waals surface area contributed by atoms with Gasteiger partial charge in [-0.05, 0) is 103 Å². The van der Waals surface area contributed by atoms with Gasteiger partial charge in [0.15, 0.2) is 5.78 Å². The molecule has 4 aliphatic carbocycles. The molecule has 0 N–H and O–H groups in total. The third-order valence-corrected chi connectivity index (χ3v) is 15.5. The molecular formula is C51H58O9. The lowest BCUT2D eigenvalue weighted by Gasteiger charge is -2.65. The van der Waals surface area contributed by atoms with E-state index in [9.17, 15) is 24.0 Å². The molecular weight excluding hydrogens is 757 g/mol. The van der Waals surface area contributed by atoms with Crippen molar-refractivity contribution in [3.05, 3.63) is 119 Å². The van der Waals surface area contributed by atoms with Crippen LogP contribution in [0.25, 0.3) is 0 Å². The van der Waals surface area contributed by atoms with Crippen molar-refractivity contribution in [3.8, 4) is 0 Å². The van der Waals surface area contributed by atoms with Crippen LogP contribution in [-0.2, 0) is 28.5 Å². The van der Waals surface area contributed by atoms with Crippen molar-refractivity contribution in [2.24, 2.45) is 58.2 Å². The molecule has 0 spiro atoms. The van der Waals surface area contributed by atoms with Crippen LogP contribution in [0.15, 0.2) is 103 Å². The van der Waals surface area contributed by atoms with Gasteiger partial charge in [0.25, 0.3) is 0 Å². The second-order valence-electron chi connectivity index (χ2n) is 19.1. The van der Waals surface area contributed by atoms with Crippen molar-refractivity contribution >= 4 is 29.7 Å². The van der Waals surface area contributed by atoms with E-state index in [0.29, 0.717) is 48.3 Å². The van der Waals surface area contributed by atoms with Crippen molar-refractivity contribution in [2.45, 2.75) is 104 Å². The van der Waals surface area contributed by atoms with Gasteiger partial charge in [0.1, 0.15) is 24.4 Å². The maximum atomic E-state index is 14.8. The van der Waals surface area contributed by atoms with E-state index in [0.717, 1.165) is 18.4 Å². The summed E-state index contributed by atoms with van der Waals surface area (Å²) in [5.74, 6) is -3.06. The summed E-state index contributed by atoms with van der Waals surface area (Å²) in [6.45, 7) is 12.9. The fourth-order valence-corrected chi connectivity index (χ4v) is 12.5. The first-order chi connectivity index (χ1) is 28.7. The number of hydrogen-bond acceptors (Lipinski definition) is 9. The van der Waals surface area contributed by atoms with Gasteiger partial charge in [-0.3, -0.25) is 9.59 Å². The van der Waals surface area contributed by atoms with Gasteiger partial charge in [-0.1, -0.05) is 102 Å². The number of esters is 4. The van der Waals surface area contributed by atoms with Crippen LogP contribution in [0.3, 0.4) is 0 Å². The Hall–Kier alpha value is -5.05. The normalized spacial score (nSPS) is 35.1. The summed E-state index contributed by atoms with van der Waals surface area (Å²) < 4.78 is 25.6. The van der Waals surface area contributed by atoms with Crippen LogP contribution in [-0.4, -0.2) is 54.1 Å². The lowest BCUT2D eigenvalue weighted by atomic mass is 9.41. The van der Waals surface area contributed by atoms with Crippen molar-refractivity contribution in [3.63, 3.8) is 0 Å². The van der Waals surface area contributed by atoms with Crippen molar-refractivity contribution < 1.29 is 42.9 Å². The van der Waals surface area contributed by atoms with Crippen molar-refractivity contribution in [2.75, 3.05) is 0 Å². The molecule has 13 atom stereocenters. The predicted molar refractivity (Wildman–Crippen MR) is 224 cm³/mol. The molecule has 0 bridgehead atoms. The maximum Gasteiger partial charge on any atom is 0.338 e. The van der Waals surface area contributed by atoms with Crippen LogP contribution in [0.2, 0.25) is 0 Å². The predicted octanol–water partition coefficient (Wildman–Crippen LogP) is 9.50. The molecule has 9 nitrogen and oxygen atoms in total. The van der Waals surface area contributed by atoms with Gasteiger partial charge in [0.2, 0.25) is 0 Å². The Bertz CT molecular complexity index is 2130. The molecule has 3 aromatic rings. The SMILES string of the molecule is CC(C)C1CC(=O)OC(C(C)C2=CC(=O)C3C4C(CC[C@]23C)[C@@]2(C)CC[C@@H](OC(=O)c3ccccc3)[C@H](OC(=O)c3ccccc3)C2[C@@H](C)[C@@H]4OC(=O)c2ccccc2)C1. The molecule has 316 valence electrons. The summed E-state index contributed by atoms with van der Waals surface area (Å²) in [6, 6.07) is 26.5. The smallest absolute Gasteiger partial charge is 0.338 e. The second kappa shape index (κ2) is 16.4. The zero-order valence-electron chi connectivity index (χ0n) is 35.6. The molecule has 3 aromatic carbocycles. The molecule has 1 aliphatic heterocycles. The van der Waals surface area contributed by atoms with E-state index in [1.54, 1.807) is 72.8 Å². The Labute approximate surface area is 353 Å². The van der Waals surface area contributed by atoms with Gasteiger partial charge in [0, 0.05) is 36.0 Å². The number of cyclic esters (lactones) is 1. The van der Waals surface area contributed by atoms with Gasteiger partial charge in [0.05, 0.1) is 16.7 Å². The summed E-state index contributed by atoms with van der Waals surface area (Å²) in [5.41, 5.74) is 1.15. The van der Waals surface area contributed by atoms with E-state index < -0.39 is 64.8 Å². The van der Waals surface area contributed by atoms with E-state index in [1.165, 1.54) is 0 Å². The molecule has 4 fully saturated rings. The van der Waals surface area contributed by atoms with Crippen LogP contribution in [0.1, 0.15) is 111 Å². The Balaban J connectivity index is 1.18. The highest BCUT2D eigenvalue weighted by molar-refractivity contribution is 5.97. The molecule has 3 saturated carbocycles. The molecule has 7 unspecified atom stereocenters. The molecule has 0 aromatic heterocycles. The molecule has 1 heterocycles. The summed E-state index contributed by atoms with van der Waals surface area (Å²) in [5, 5.41) is 0. The van der Waals surface area contributed by atoms with E-state index in [4.69, 9.17) is 18.9 Å². The summed E-state index contributed by atoms with van der Waals surface area (Å²) in [6.07, 6.45) is 2.82. The molecule has 0 radical (unpaired) electrons. The number of rotatable bonds is 9. The van der Waals surface area contributed by atoms with Gasteiger partial charge < -0.3 is 18.9 Å². The monoisotopic (exact) mass is 814 g/mol. The summed E-state index contributed by atoms with van der Waals surface area (Å²) in [4.78, 5) is 69.6. The largest absolute Gasteiger partial charge is 0.462 e. The average Bonchev–Trinajstić information content (AvgIpc) is 3.52. The van der Waals surface area contributed by atoms with Gasteiger partial charge in [-0.25, -0.2) is 14.4 Å². The number of fused-ring (bicyclic) bond motifs is 5. The molecule has 5 aliphatic rings. The van der Waals surface area contributed by atoms with E-state index in [2.05, 4.69) is 34.6 Å². The number of ether oxygens (including phenoxy) is 4. The number of benzene rings is 3. The summed E-state index contributed by atoms with van der Waals surface area (Å²) in [7, 11) is 0. The molecule has 60 heavy (non-hydrogen) atoms. The number of allylic oxidation sites excluding steroid dienone is 1. The number of carbonyl (C=O) groups is 5. The number of carbonyl (C=O) groups excluding carboxylic acids is 5. The second-order valence-corrected chi connectivity index (χ2v) is 19.1. The first kappa shape index (κ1) is 41.7. The third kappa shape index (κ3) is 7.40. The highest BCUT2D eigenvalue weighted by Gasteiger charge is 2.69. The van der Waals surface area contributed by atoms with Crippen LogP contribution in [0, 0.1) is 58.2 Å². The minimum atomic E-state index is -0.866. The van der Waals surface area contributed by atoms with Crippen molar-refractivity contribution in [1.29, 1.82) is 0 Å². The summed E-state index contributed by atoms with van der Waals surface area (Å²) >= 11 is 0. The highest BCUT2D eigenvalue weighted by atomic mass is 16.6. The maximum absolute atomic E-state index is 14.8. The van der Waals surface area contributed by atoms with Gasteiger partial charge >= 0.3 is 23.9 Å². The minimum Gasteiger partial charge on any atom is -0.462 e. The van der Waals surface area contributed by atoms with Crippen LogP contribution >= 0.6 is 0 Å². The standard InChI is InChI=1S/C51H58O9/c1-29(2)35-26-40(57-41(53)27-35)30(3)37-28-38(52)44-42-36(22-24-51(37,44)6)50(5)25-23-39(58-47(54)32-16-10-7-11-17-32)46(60-49(56)34-20-14-9-15-21-34)43(50)31(4)45(42)59-48(55)33-18-12-8-13-19-33/h7-21,28-31,35-36,39-40,42-46H,22-27H2,1-6H3/t30?,31-,35?,36?,39-,40?,42?,43?,44?,45+,46+,50-,51-/m1/s1. The lowest BCUT2D eigenvalue weighted by Crippen LogP contribution is -2.67. The van der Waals surface area contributed by atoms with Crippen molar-refractivity contribution in [1.82, 2.24) is 0 Å². The van der Waals surface area contributed by atoms with Crippen LogP contribution < -0.4 is 0 Å². The fourth-order valence-electron chi connectivity index (χ4n) is 12.5. The van der Waals surface area contributed by atoms with Gasteiger partial charge in [-0.2, -0.15) is 0 Å².